The lowest BCUT2D eigenvalue weighted by atomic mass is 10.3. The van der Waals surface area contributed by atoms with Crippen LogP contribution in [0.2, 0.25) is 0 Å². The largest absolute Gasteiger partial charge is 0.384 e. The summed E-state index contributed by atoms with van der Waals surface area (Å²) in [5.41, 5.74) is 5.81. The van der Waals surface area contributed by atoms with E-state index in [1.54, 1.807) is 0 Å². The van der Waals surface area contributed by atoms with Crippen LogP contribution < -0.4 is 10.6 Å². The number of anilines is 2. The molecule has 1 aromatic heterocycles. The van der Waals surface area contributed by atoms with Crippen molar-refractivity contribution in [3.63, 3.8) is 0 Å². The zero-order valence-corrected chi connectivity index (χ0v) is 10.6. The fourth-order valence-electron chi connectivity index (χ4n) is 1.53. The molecule has 1 aliphatic rings. The van der Waals surface area contributed by atoms with Crippen molar-refractivity contribution >= 4 is 23.4 Å². The Labute approximate surface area is 101 Å². The zero-order valence-electron chi connectivity index (χ0n) is 9.81. The second-order valence-electron chi connectivity index (χ2n) is 4.20. The number of aromatic nitrogens is 2. The van der Waals surface area contributed by atoms with E-state index in [-0.39, 0.29) is 0 Å². The van der Waals surface area contributed by atoms with Crippen LogP contribution in [0.25, 0.3) is 0 Å². The van der Waals surface area contributed by atoms with Crippen LogP contribution in [0.4, 0.5) is 11.6 Å². The quantitative estimate of drug-likeness (QED) is 0.846. The molecule has 1 saturated carbocycles. The molecule has 1 aliphatic carbocycles. The molecule has 5 heteroatoms. The topological polar surface area (TPSA) is 55.0 Å². The maximum absolute atomic E-state index is 5.81. The molecule has 88 valence electrons. The summed E-state index contributed by atoms with van der Waals surface area (Å²) in [7, 11) is 2.05. The second kappa shape index (κ2) is 4.91. The van der Waals surface area contributed by atoms with Gasteiger partial charge in [-0.3, -0.25) is 0 Å². The molecule has 0 aliphatic heterocycles. The number of hydrogen-bond acceptors (Lipinski definition) is 5. The van der Waals surface area contributed by atoms with Gasteiger partial charge in [0.25, 0.3) is 0 Å². The van der Waals surface area contributed by atoms with E-state index < -0.39 is 0 Å². The van der Waals surface area contributed by atoms with Gasteiger partial charge in [0.15, 0.2) is 0 Å². The molecule has 0 spiro atoms. The second-order valence-corrected chi connectivity index (χ2v) is 5.18. The van der Waals surface area contributed by atoms with Crippen LogP contribution in [-0.4, -0.2) is 35.6 Å². The maximum atomic E-state index is 5.81. The van der Waals surface area contributed by atoms with Crippen LogP contribution in [0, 0.1) is 0 Å². The molecular formula is C11H18N4S. The monoisotopic (exact) mass is 238 g/mol. The van der Waals surface area contributed by atoms with E-state index in [1.807, 2.05) is 17.8 Å². The number of hydrogen-bond donors (Lipinski definition) is 1. The number of rotatable bonds is 5. The minimum Gasteiger partial charge on any atom is -0.384 e. The molecule has 4 nitrogen and oxygen atoms in total. The highest BCUT2D eigenvalue weighted by Gasteiger charge is 2.27. The van der Waals surface area contributed by atoms with E-state index in [0.717, 1.165) is 23.9 Å². The van der Waals surface area contributed by atoms with E-state index in [4.69, 9.17) is 5.73 Å². The van der Waals surface area contributed by atoms with E-state index in [2.05, 4.69) is 28.2 Å². The molecule has 2 N–H and O–H groups in total. The molecule has 0 unspecified atom stereocenters. The summed E-state index contributed by atoms with van der Waals surface area (Å²) in [6.45, 7) is 0.988. The summed E-state index contributed by atoms with van der Waals surface area (Å²) in [6.07, 6.45) is 4.52. The van der Waals surface area contributed by atoms with Gasteiger partial charge in [-0.25, -0.2) is 9.97 Å². The third-order valence-electron chi connectivity index (χ3n) is 2.71. The lowest BCUT2D eigenvalue weighted by Gasteiger charge is -2.18. The maximum Gasteiger partial charge on any atom is 0.136 e. The Morgan fingerprint density at radius 1 is 1.50 bits per heavy atom. The first-order chi connectivity index (χ1) is 7.70. The minimum atomic E-state index is 0.552. The van der Waals surface area contributed by atoms with Gasteiger partial charge in [0, 0.05) is 31.3 Å². The highest BCUT2D eigenvalue weighted by atomic mass is 32.2. The number of nitrogens with zero attached hydrogens (tertiary/aromatic N) is 3. The third kappa shape index (κ3) is 2.78. The zero-order chi connectivity index (χ0) is 11.5. The van der Waals surface area contributed by atoms with Crippen molar-refractivity contribution in [1.82, 2.24) is 9.97 Å². The Morgan fingerprint density at radius 3 is 2.88 bits per heavy atom. The van der Waals surface area contributed by atoms with Crippen molar-refractivity contribution in [2.45, 2.75) is 18.8 Å². The molecule has 0 aromatic carbocycles. The number of nitrogen functional groups attached to an aromatic ring is 1. The van der Waals surface area contributed by atoms with Crippen LogP contribution in [0.1, 0.15) is 24.6 Å². The predicted molar refractivity (Wildman–Crippen MR) is 70.1 cm³/mol. The Hall–Kier alpha value is -0.970. The molecule has 1 heterocycles. The van der Waals surface area contributed by atoms with Crippen molar-refractivity contribution < 1.29 is 0 Å². The molecule has 16 heavy (non-hydrogen) atoms. The average Bonchev–Trinajstić information content (AvgIpc) is 3.08. The summed E-state index contributed by atoms with van der Waals surface area (Å²) < 4.78 is 0. The van der Waals surface area contributed by atoms with Gasteiger partial charge in [-0.15, -0.1) is 0 Å². The fraction of sp³-hybridized carbons (Fsp3) is 0.636. The number of thioether (sulfide) groups is 1. The van der Waals surface area contributed by atoms with E-state index in [1.165, 1.54) is 12.8 Å². The average molecular weight is 238 g/mol. The van der Waals surface area contributed by atoms with Crippen molar-refractivity contribution in [2.75, 3.05) is 36.2 Å². The van der Waals surface area contributed by atoms with Gasteiger partial charge in [-0.1, -0.05) is 0 Å². The Balaban J connectivity index is 2.12. The SMILES string of the molecule is CSCCN(C)c1cc(N)nc(C2CC2)n1. The molecular weight excluding hydrogens is 220 g/mol. The first-order valence-electron chi connectivity index (χ1n) is 5.55. The third-order valence-corrected chi connectivity index (χ3v) is 3.30. The van der Waals surface area contributed by atoms with Crippen LogP contribution in [0.3, 0.4) is 0 Å². The molecule has 1 aromatic rings. The summed E-state index contributed by atoms with van der Waals surface area (Å²) >= 11 is 1.84. The van der Waals surface area contributed by atoms with Crippen molar-refractivity contribution in [3.8, 4) is 0 Å². The Kier molecular flexibility index (Phi) is 3.53. The van der Waals surface area contributed by atoms with Gasteiger partial charge in [-0.05, 0) is 19.1 Å². The van der Waals surface area contributed by atoms with Gasteiger partial charge in [0.05, 0.1) is 0 Å². The van der Waals surface area contributed by atoms with Crippen LogP contribution in [0.5, 0.6) is 0 Å². The molecule has 0 amide bonds. The Bertz CT molecular complexity index is 365. The normalized spacial score (nSPS) is 15.1. The molecule has 2 rings (SSSR count). The molecule has 0 atom stereocenters. The van der Waals surface area contributed by atoms with Gasteiger partial charge >= 0.3 is 0 Å². The smallest absolute Gasteiger partial charge is 0.136 e. The van der Waals surface area contributed by atoms with Crippen molar-refractivity contribution in [1.29, 1.82) is 0 Å². The Morgan fingerprint density at radius 2 is 2.25 bits per heavy atom. The highest BCUT2D eigenvalue weighted by molar-refractivity contribution is 7.98. The van der Waals surface area contributed by atoms with Crippen LogP contribution in [-0.2, 0) is 0 Å². The van der Waals surface area contributed by atoms with E-state index in [9.17, 15) is 0 Å². The summed E-state index contributed by atoms with van der Waals surface area (Å²) in [5.74, 6) is 4.10. The van der Waals surface area contributed by atoms with E-state index in [0.29, 0.717) is 11.7 Å². The number of nitrogens with two attached hydrogens (primary N) is 1. The van der Waals surface area contributed by atoms with Gasteiger partial charge < -0.3 is 10.6 Å². The summed E-state index contributed by atoms with van der Waals surface area (Å²) in [4.78, 5) is 11.0. The lowest BCUT2D eigenvalue weighted by Crippen LogP contribution is -2.22. The van der Waals surface area contributed by atoms with Gasteiger partial charge in [0.1, 0.15) is 17.5 Å². The lowest BCUT2D eigenvalue weighted by molar-refractivity contribution is 0.881. The van der Waals surface area contributed by atoms with Gasteiger partial charge in [-0.2, -0.15) is 11.8 Å². The molecule has 0 saturated heterocycles. The van der Waals surface area contributed by atoms with E-state index >= 15 is 0 Å². The van der Waals surface area contributed by atoms with Gasteiger partial charge in [0.2, 0.25) is 0 Å². The molecule has 1 fully saturated rings. The van der Waals surface area contributed by atoms with Crippen LogP contribution in [0.15, 0.2) is 6.07 Å². The summed E-state index contributed by atoms with van der Waals surface area (Å²) in [6, 6.07) is 1.85. The standard InChI is InChI=1S/C11H18N4S/c1-15(5-6-16-2)10-7-9(12)13-11(14-10)8-3-4-8/h7-8H,3-6H2,1-2H3,(H2,12,13,14). The predicted octanol–water partition coefficient (Wildman–Crippen LogP) is 1.74. The molecule has 0 radical (unpaired) electrons. The minimum absolute atomic E-state index is 0.552. The first-order valence-corrected chi connectivity index (χ1v) is 6.94. The summed E-state index contributed by atoms with van der Waals surface area (Å²) in [5, 5.41) is 0. The molecule has 0 bridgehead atoms. The van der Waals surface area contributed by atoms with Crippen molar-refractivity contribution in [3.05, 3.63) is 11.9 Å². The van der Waals surface area contributed by atoms with Crippen molar-refractivity contribution in [2.24, 2.45) is 0 Å². The fourth-order valence-corrected chi connectivity index (χ4v) is 1.99. The highest BCUT2D eigenvalue weighted by Crippen LogP contribution is 2.38. The first kappa shape index (κ1) is 11.5. The van der Waals surface area contributed by atoms with Crippen LogP contribution >= 0.6 is 11.8 Å².